The van der Waals surface area contributed by atoms with E-state index in [2.05, 4.69) is 5.92 Å². The highest BCUT2D eigenvalue weighted by molar-refractivity contribution is 5.96. The molecule has 1 rings (SSSR count). The van der Waals surface area contributed by atoms with Gasteiger partial charge in [0.05, 0.1) is 0 Å². The molecule has 0 saturated heterocycles. The molecule has 1 aromatic carbocycles. The van der Waals surface area contributed by atoms with Crippen molar-refractivity contribution in [1.82, 2.24) is 0 Å². The first-order valence-corrected chi connectivity index (χ1v) is 4.56. The number of Topliss-reactive ketones (excluding diaryl/α,β-unsaturated/α-hetero) is 1. The molecule has 0 unspecified atom stereocenters. The summed E-state index contributed by atoms with van der Waals surface area (Å²) in [5.74, 6) is 2.61. The van der Waals surface area contributed by atoms with Gasteiger partial charge in [0.15, 0.2) is 5.78 Å². The lowest BCUT2D eigenvalue weighted by molar-refractivity contribution is 0.0980. The molecule has 0 saturated carbocycles. The zero-order chi connectivity index (χ0) is 10.4. The Balaban J connectivity index is 2.57. The molecule has 0 radical (unpaired) electrons. The van der Waals surface area contributed by atoms with E-state index in [1.54, 1.807) is 24.3 Å². The molecular formula is C12H13NO. The van der Waals surface area contributed by atoms with Crippen LogP contribution in [0.4, 0.5) is 5.69 Å². The fraction of sp³-hybridized carbons (Fsp3) is 0.250. The first kappa shape index (κ1) is 10.3. The van der Waals surface area contributed by atoms with Gasteiger partial charge in [-0.2, -0.15) is 0 Å². The average molecular weight is 187 g/mol. The molecule has 1 aromatic rings. The summed E-state index contributed by atoms with van der Waals surface area (Å²) < 4.78 is 0. The molecule has 2 N–H and O–H groups in total. The van der Waals surface area contributed by atoms with Gasteiger partial charge in [-0.05, 0) is 18.6 Å². The Morgan fingerprint density at radius 1 is 1.50 bits per heavy atom. The predicted octanol–water partition coefficient (Wildman–Crippen LogP) is 2.25. The molecule has 0 spiro atoms. The van der Waals surface area contributed by atoms with Gasteiger partial charge in [-0.25, -0.2) is 0 Å². The first-order valence-electron chi connectivity index (χ1n) is 4.56. The van der Waals surface area contributed by atoms with E-state index in [0.29, 0.717) is 24.1 Å². The number of benzene rings is 1. The molecule has 0 amide bonds. The Bertz CT molecular complexity index is 363. The van der Waals surface area contributed by atoms with Crippen LogP contribution in [0.5, 0.6) is 0 Å². The van der Waals surface area contributed by atoms with E-state index < -0.39 is 0 Å². The van der Waals surface area contributed by atoms with Gasteiger partial charge in [0.1, 0.15) is 0 Å². The number of rotatable bonds is 4. The molecule has 0 bridgehead atoms. The summed E-state index contributed by atoms with van der Waals surface area (Å²) in [6.07, 6.45) is 6.98. The van der Waals surface area contributed by atoms with E-state index in [1.165, 1.54) is 0 Å². The van der Waals surface area contributed by atoms with Crippen LogP contribution in [0.15, 0.2) is 24.3 Å². The fourth-order valence-electron chi connectivity index (χ4n) is 1.21. The number of ketones is 1. The standard InChI is InChI=1S/C12H13NO/c1-2-3-4-8-12(14)10-6-5-7-11(13)9-10/h1,5-7,9H,3-4,8,13H2. The number of hydrogen-bond donors (Lipinski definition) is 1. The summed E-state index contributed by atoms with van der Waals surface area (Å²) in [7, 11) is 0. The van der Waals surface area contributed by atoms with Crippen LogP contribution in [0.25, 0.3) is 0 Å². The maximum atomic E-state index is 11.5. The Morgan fingerprint density at radius 2 is 2.29 bits per heavy atom. The first-order chi connectivity index (χ1) is 6.74. The van der Waals surface area contributed by atoms with Crippen LogP contribution in [0.3, 0.4) is 0 Å². The van der Waals surface area contributed by atoms with Crippen LogP contribution >= 0.6 is 0 Å². The van der Waals surface area contributed by atoms with Gasteiger partial charge >= 0.3 is 0 Å². The third-order valence-corrected chi connectivity index (χ3v) is 1.93. The lowest BCUT2D eigenvalue weighted by Crippen LogP contribution is -1.99. The lowest BCUT2D eigenvalue weighted by Gasteiger charge is -2.00. The highest BCUT2D eigenvalue weighted by Gasteiger charge is 2.04. The largest absolute Gasteiger partial charge is 0.399 e. The van der Waals surface area contributed by atoms with Crippen molar-refractivity contribution in [3.8, 4) is 12.3 Å². The Hall–Kier alpha value is -1.75. The molecular weight excluding hydrogens is 174 g/mol. The Morgan fingerprint density at radius 3 is 2.93 bits per heavy atom. The predicted molar refractivity (Wildman–Crippen MR) is 57.9 cm³/mol. The maximum absolute atomic E-state index is 11.5. The molecule has 72 valence electrons. The molecule has 0 atom stereocenters. The summed E-state index contributed by atoms with van der Waals surface area (Å²) in [5.41, 5.74) is 6.85. The van der Waals surface area contributed by atoms with E-state index >= 15 is 0 Å². The second-order valence-electron chi connectivity index (χ2n) is 3.11. The molecule has 14 heavy (non-hydrogen) atoms. The van der Waals surface area contributed by atoms with Gasteiger partial charge in [-0.3, -0.25) is 4.79 Å². The molecule has 0 fully saturated rings. The molecule has 0 aliphatic rings. The second-order valence-corrected chi connectivity index (χ2v) is 3.11. The van der Waals surface area contributed by atoms with Crippen molar-refractivity contribution in [3.05, 3.63) is 29.8 Å². The smallest absolute Gasteiger partial charge is 0.162 e. The van der Waals surface area contributed by atoms with Gasteiger partial charge < -0.3 is 5.73 Å². The van der Waals surface area contributed by atoms with E-state index in [-0.39, 0.29) is 5.78 Å². The average Bonchev–Trinajstić information content (AvgIpc) is 2.18. The number of terminal acetylenes is 1. The maximum Gasteiger partial charge on any atom is 0.162 e. The monoisotopic (exact) mass is 187 g/mol. The third kappa shape index (κ3) is 2.95. The van der Waals surface area contributed by atoms with Gasteiger partial charge in [-0.1, -0.05) is 12.1 Å². The van der Waals surface area contributed by atoms with Crippen molar-refractivity contribution in [2.24, 2.45) is 0 Å². The minimum Gasteiger partial charge on any atom is -0.399 e. The molecule has 2 nitrogen and oxygen atoms in total. The number of nitrogens with two attached hydrogens (primary N) is 1. The summed E-state index contributed by atoms with van der Waals surface area (Å²) in [6.45, 7) is 0. The van der Waals surface area contributed by atoms with Crippen molar-refractivity contribution in [2.45, 2.75) is 19.3 Å². The van der Waals surface area contributed by atoms with Crippen molar-refractivity contribution in [1.29, 1.82) is 0 Å². The Labute approximate surface area is 84.1 Å². The van der Waals surface area contributed by atoms with Crippen molar-refractivity contribution in [2.75, 3.05) is 5.73 Å². The molecule has 0 heterocycles. The van der Waals surface area contributed by atoms with E-state index in [9.17, 15) is 4.79 Å². The summed E-state index contributed by atoms with van der Waals surface area (Å²) >= 11 is 0. The summed E-state index contributed by atoms with van der Waals surface area (Å²) in [6, 6.07) is 7.01. The van der Waals surface area contributed by atoms with Crippen LogP contribution in [0.1, 0.15) is 29.6 Å². The summed E-state index contributed by atoms with van der Waals surface area (Å²) in [4.78, 5) is 11.5. The number of hydrogen-bond acceptors (Lipinski definition) is 2. The molecule has 2 heteroatoms. The highest BCUT2D eigenvalue weighted by atomic mass is 16.1. The van der Waals surface area contributed by atoms with Crippen molar-refractivity contribution in [3.63, 3.8) is 0 Å². The van der Waals surface area contributed by atoms with Crippen LogP contribution < -0.4 is 5.73 Å². The summed E-state index contributed by atoms with van der Waals surface area (Å²) in [5, 5.41) is 0. The number of carbonyl (C=O) groups excluding carboxylic acids is 1. The minimum atomic E-state index is 0.104. The zero-order valence-corrected chi connectivity index (χ0v) is 7.99. The number of nitrogen functional groups attached to an aromatic ring is 1. The van der Waals surface area contributed by atoms with Crippen molar-refractivity contribution >= 4 is 11.5 Å². The van der Waals surface area contributed by atoms with Crippen LogP contribution in [-0.2, 0) is 0 Å². The highest BCUT2D eigenvalue weighted by Crippen LogP contribution is 2.10. The van der Waals surface area contributed by atoms with E-state index in [4.69, 9.17) is 12.2 Å². The molecule has 0 aliphatic heterocycles. The topological polar surface area (TPSA) is 43.1 Å². The molecule has 0 aromatic heterocycles. The normalized spacial score (nSPS) is 9.36. The Kier molecular flexibility index (Phi) is 3.75. The third-order valence-electron chi connectivity index (χ3n) is 1.93. The van der Waals surface area contributed by atoms with E-state index in [0.717, 1.165) is 6.42 Å². The number of unbranched alkanes of at least 4 members (excludes halogenated alkanes) is 1. The second kappa shape index (κ2) is 5.08. The minimum absolute atomic E-state index is 0.104. The SMILES string of the molecule is C#CCCCC(=O)c1cccc(N)c1. The quantitative estimate of drug-likeness (QED) is 0.340. The zero-order valence-electron chi connectivity index (χ0n) is 7.99. The number of carbonyl (C=O) groups is 1. The van der Waals surface area contributed by atoms with Crippen LogP contribution in [-0.4, -0.2) is 5.78 Å². The molecule has 0 aliphatic carbocycles. The van der Waals surface area contributed by atoms with Gasteiger partial charge in [0.2, 0.25) is 0 Å². The van der Waals surface area contributed by atoms with Crippen LogP contribution in [0.2, 0.25) is 0 Å². The van der Waals surface area contributed by atoms with E-state index in [1.807, 2.05) is 0 Å². The van der Waals surface area contributed by atoms with Gasteiger partial charge in [0.25, 0.3) is 0 Å². The fourth-order valence-corrected chi connectivity index (χ4v) is 1.21. The van der Waals surface area contributed by atoms with Gasteiger partial charge in [-0.15, -0.1) is 12.3 Å². The van der Waals surface area contributed by atoms with Gasteiger partial charge in [0, 0.05) is 24.1 Å². The van der Waals surface area contributed by atoms with Crippen LogP contribution in [0, 0.1) is 12.3 Å². The lowest BCUT2D eigenvalue weighted by atomic mass is 10.1. The number of anilines is 1. The van der Waals surface area contributed by atoms with Crippen molar-refractivity contribution < 1.29 is 4.79 Å².